The summed E-state index contributed by atoms with van der Waals surface area (Å²) >= 11 is 0. The second kappa shape index (κ2) is 3.25. The molecule has 0 unspecified atom stereocenters. The fourth-order valence-electron chi connectivity index (χ4n) is 1.70. The molecule has 2 aromatic rings. The van der Waals surface area contributed by atoms with Crippen molar-refractivity contribution < 1.29 is 9.18 Å². The molecule has 0 atom stereocenters. The summed E-state index contributed by atoms with van der Waals surface area (Å²) in [7, 11) is 1.88. The summed E-state index contributed by atoms with van der Waals surface area (Å²) in [5.74, 6) is -0.268. The Labute approximate surface area is 81.0 Å². The molecule has 3 heteroatoms. The quantitative estimate of drug-likeness (QED) is 0.666. The summed E-state index contributed by atoms with van der Waals surface area (Å²) in [5, 5.41) is 0.819. The van der Waals surface area contributed by atoms with Crippen LogP contribution in [0.5, 0.6) is 0 Å². The molecule has 2 rings (SSSR count). The number of aryl methyl sites for hydroxylation is 1. The summed E-state index contributed by atoms with van der Waals surface area (Å²) in [6.07, 6.45) is 3.03. The van der Waals surface area contributed by atoms with Crippen LogP contribution in [0.15, 0.2) is 24.4 Å². The van der Waals surface area contributed by atoms with Gasteiger partial charge in [-0.1, -0.05) is 0 Å². The van der Waals surface area contributed by atoms with Crippen molar-refractivity contribution in [2.24, 2.45) is 7.05 Å². The maximum atomic E-state index is 13.0. The van der Waals surface area contributed by atoms with Crippen molar-refractivity contribution in [1.29, 1.82) is 0 Å². The minimum absolute atomic E-state index is 0.268. The monoisotopic (exact) mass is 191 g/mol. The number of halogens is 1. The number of rotatable bonds is 2. The van der Waals surface area contributed by atoms with Crippen LogP contribution in [0.4, 0.5) is 4.39 Å². The fourth-order valence-corrected chi connectivity index (χ4v) is 1.70. The Morgan fingerprint density at radius 1 is 1.50 bits per heavy atom. The zero-order valence-electron chi connectivity index (χ0n) is 7.83. The molecule has 0 N–H and O–H groups in total. The lowest BCUT2D eigenvalue weighted by atomic mass is 10.1. The van der Waals surface area contributed by atoms with Gasteiger partial charge in [-0.05, 0) is 23.8 Å². The minimum Gasteiger partial charge on any atom is -0.350 e. The highest BCUT2D eigenvalue weighted by atomic mass is 19.1. The van der Waals surface area contributed by atoms with Crippen LogP contribution in [0.1, 0.15) is 5.56 Å². The maximum absolute atomic E-state index is 13.0. The van der Waals surface area contributed by atoms with Gasteiger partial charge in [0.15, 0.2) is 0 Å². The molecule has 14 heavy (non-hydrogen) atoms. The highest BCUT2D eigenvalue weighted by Crippen LogP contribution is 2.21. The van der Waals surface area contributed by atoms with Crippen LogP contribution < -0.4 is 0 Å². The van der Waals surface area contributed by atoms with E-state index in [1.54, 1.807) is 6.07 Å². The maximum Gasteiger partial charge on any atom is 0.124 e. The van der Waals surface area contributed by atoms with Crippen LogP contribution >= 0.6 is 0 Å². The number of hydrogen-bond donors (Lipinski definition) is 0. The Kier molecular flexibility index (Phi) is 2.08. The molecule has 1 heterocycles. The average molecular weight is 191 g/mol. The second-order valence-electron chi connectivity index (χ2n) is 3.30. The van der Waals surface area contributed by atoms with E-state index in [1.165, 1.54) is 12.1 Å². The first-order valence-electron chi connectivity index (χ1n) is 4.39. The Morgan fingerprint density at radius 2 is 2.29 bits per heavy atom. The van der Waals surface area contributed by atoms with Crippen LogP contribution in [-0.4, -0.2) is 10.9 Å². The van der Waals surface area contributed by atoms with E-state index in [-0.39, 0.29) is 5.82 Å². The summed E-state index contributed by atoms with van der Waals surface area (Å²) in [6, 6.07) is 4.61. The summed E-state index contributed by atoms with van der Waals surface area (Å²) in [5.41, 5.74) is 1.82. The number of fused-ring (bicyclic) bond motifs is 1. The molecule has 0 bridgehead atoms. The van der Waals surface area contributed by atoms with Gasteiger partial charge in [-0.2, -0.15) is 0 Å². The molecule has 0 saturated carbocycles. The normalized spacial score (nSPS) is 10.7. The molecule has 1 aromatic carbocycles. The Bertz CT molecular complexity index is 487. The third kappa shape index (κ3) is 1.31. The number of aldehydes is 1. The predicted octanol–water partition coefficient (Wildman–Crippen LogP) is 2.06. The Morgan fingerprint density at radius 3 is 3.00 bits per heavy atom. The lowest BCUT2D eigenvalue weighted by Gasteiger charge is -1.95. The first-order valence-corrected chi connectivity index (χ1v) is 4.39. The van der Waals surface area contributed by atoms with Crippen LogP contribution in [-0.2, 0) is 18.3 Å². The van der Waals surface area contributed by atoms with E-state index >= 15 is 0 Å². The first-order chi connectivity index (χ1) is 6.72. The third-order valence-corrected chi connectivity index (χ3v) is 2.34. The fraction of sp³-hybridized carbons (Fsp3) is 0.182. The van der Waals surface area contributed by atoms with E-state index in [0.717, 1.165) is 22.8 Å². The third-order valence-electron chi connectivity index (χ3n) is 2.34. The molecule has 0 fully saturated rings. The van der Waals surface area contributed by atoms with Crippen molar-refractivity contribution in [3.63, 3.8) is 0 Å². The predicted molar refractivity (Wildman–Crippen MR) is 52.6 cm³/mol. The van der Waals surface area contributed by atoms with E-state index in [4.69, 9.17) is 0 Å². The second-order valence-corrected chi connectivity index (χ2v) is 3.30. The van der Waals surface area contributed by atoms with Gasteiger partial charge >= 0.3 is 0 Å². The standard InChI is InChI=1S/C11H10FNO/c1-13-7-8(4-5-14)10-6-9(12)2-3-11(10)13/h2-3,5-7H,4H2,1H3. The smallest absolute Gasteiger partial charge is 0.124 e. The zero-order chi connectivity index (χ0) is 10.1. The first kappa shape index (κ1) is 8.94. The van der Waals surface area contributed by atoms with Crippen LogP contribution in [0.3, 0.4) is 0 Å². The van der Waals surface area contributed by atoms with Crippen molar-refractivity contribution in [3.8, 4) is 0 Å². The average Bonchev–Trinajstić information content (AvgIpc) is 2.44. The van der Waals surface area contributed by atoms with Crippen molar-refractivity contribution in [2.45, 2.75) is 6.42 Å². The van der Waals surface area contributed by atoms with Crippen molar-refractivity contribution >= 4 is 17.2 Å². The topological polar surface area (TPSA) is 22.0 Å². The van der Waals surface area contributed by atoms with Crippen molar-refractivity contribution in [1.82, 2.24) is 4.57 Å². The number of carbonyl (C=O) groups excluding carboxylic acids is 1. The molecule has 0 saturated heterocycles. The van der Waals surface area contributed by atoms with Crippen LogP contribution in [0.2, 0.25) is 0 Å². The minimum atomic E-state index is -0.268. The van der Waals surface area contributed by atoms with Gasteiger partial charge in [0, 0.05) is 30.6 Å². The van der Waals surface area contributed by atoms with Gasteiger partial charge < -0.3 is 9.36 Å². The Hall–Kier alpha value is -1.64. The van der Waals surface area contributed by atoms with E-state index in [0.29, 0.717) is 6.42 Å². The SMILES string of the molecule is Cn1cc(CC=O)c2cc(F)ccc21. The van der Waals surface area contributed by atoms with Gasteiger partial charge in [0.05, 0.1) is 0 Å². The summed E-state index contributed by atoms with van der Waals surface area (Å²) in [6.45, 7) is 0. The highest BCUT2D eigenvalue weighted by Gasteiger charge is 2.06. The molecule has 0 aliphatic heterocycles. The van der Waals surface area contributed by atoms with Gasteiger partial charge in [0.1, 0.15) is 12.1 Å². The molecule has 0 spiro atoms. The number of hydrogen-bond acceptors (Lipinski definition) is 1. The molecule has 2 nitrogen and oxygen atoms in total. The lowest BCUT2D eigenvalue weighted by molar-refractivity contribution is -0.107. The van der Waals surface area contributed by atoms with Gasteiger partial charge in [-0.25, -0.2) is 4.39 Å². The molecule has 0 aliphatic rings. The molecule has 0 radical (unpaired) electrons. The van der Waals surface area contributed by atoms with Crippen molar-refractivity contribution in [3.05, 3.63) is 35.8 Å². The van der Waals surface area contributed by atoms with E-state index in [9.17, 15) is 9.18 Å². The summed E-state index contributed by atoms with van der Waals surface area (Å²) < 4.78 is 14.9. The van der Waals surface area contributed by atoms with Gasteiger partial charge in [0.2, 0.25) is 0 Å². The van der Waals surface area contributed by atoms with E-state index < -0.39 is 0 Å². The number of benzene rings is 1. The number of nitrogens with zero attached hydrogens (tertiary/aromatic N) is 1. The summed E-state index contributed by atoms with van der Waals surface area (Å²) in [4.78, 5) is 10.4. The molecule has 72 valence electrons. The van der Waals surface area contributed by atoms with Gasteiger partial charge in [-0.15, -0.1) is 0 Å². The molecule has 0 aliphatic carbocycles. The van der Waals surface area contributed by atoms with Gasteiger partial charge in [-0.3, -0.25) is 0 Å². The largest absolute Gasteiger partial charge is 0.350 e. The van der Waals surface area contributed by atoms with Crippen molar-refractivity contribution in [2.75, 3.05) is 0 Å². The van der Waals surface area contributed by atoms with Crippen LogP contribution in [0.25, 0.3) is 10.9 Å². The highest BCUT2D eigenvalue weighted by molar-refractivity contribution is 5.85. The molecule has 0 amide bonds. The van der Waals surface area contributed by atoms with E-state index in [2.05, 4.69) is 0 Å². The lowest BCUT2D eigenvalue weighted by Crippen LogP contribution is -1.83. The molecule has 1 aromatic heterocycles. The van der Waals surface area contributed by atoms with E-state index in [1.807, 2.05) is 17.8 Å². The van der Waals surface area contributed by atoms with Crippen LogP contribution in [0, 0.1) is 5.82 Å². The number of aromatic nitrogens is 1. The Balaban J connectivity index is 2.72. The molecular weight excluding hydrogens is 181 g/mol. The zero-order valence-corrected chi connectivity index (χ0v) is 7.83. The van der Waals surface area contributed by atoms with Gasteiger partial charge in [0.25, 0.3) is 0 Å². The molecular formula is C11H10FNO. The number of carbonyl (C=O) groups is 1.